The van der Waals surface area contributed by atoms with Gasteiger partial charge in [0.25, 0.3) is 0 Å². The number of benzene rings is 1. The van der Waals surface area contributed by atoms with Crippen LogP contribution in [0.15, 0.2) is 23.2 Å². The van der Waals surface area contributed by atoms with E-state index in [1.807, 2.05) is 26.2 Å². The summed E-state index contributed by atoms with van der Waals surface area (Å²) in [6.07, 6.45) is 3.45. The van der Waals surface area contributed by atoms with Gasteiger partial charge in [-0.2, -0.15) is 0 Å². The fraction of sp³-hybridized carbons (Fsp3) is 0.579. The maximum atomic E-state index is 11.8. The fourth-order valence-electron chi connectivity index (χ4n) is 3.38. The summed E-state index contributed by atoms with van der Waals surface area (Å²) in [6.45, 7) is 6.63. The van der Waals surface area contributed by atoms with Crippen LogP contribution in [0.5, 0.6) is 5.75 Å². The van der Waals surface area contributed by atoms with Crippen LogP contribution in [-0.2, 0) is 9.47 Å². The number of ether oxygens (including phenoxy) is 3. The van der Waals surface area contributed by atoms with E-state index in [2.05, 4.69) is 4.90 Å². The normalized spacial score (nSPS) is 22.7. The van der Waals surface area contributed by atoms with Crippen molar-refractivity contribution in [3.8, 4) is 5.75 Å². The molecule has 0 aromatic heterocycles. The van der Waals surface area contributed by atoms with Crippen LogP contribution in [0.25, 0.3) is 0 Å². The van der Waals surface area contributed by atoms with Crippen molar-refractivity contribution >= 4 is 28.6 Å². The molecule has 142 valence electrons. The number of esters is 1. The number of rotatable bonds is 4. The van der Waals surface area contributed by atoms with E-state index in [0.717, 1.165) is 31.3 Å². The number of hydrogen-bond donors (Lipinski definition) is 0. The second-order valence-corrected chi connectivity index (χ2v) is 7.58. The van der Waals surface area contributed by atoms with Crippen molar-refractivity contribution in [1.82, 2.24) is 4.90 Å². The van der Waals surface area contributed by atoms with Crippen LogP contribution in [0.1, 0.15) is 30.6 Å². The Bertz CT molecular complexity index is 680. The van der Waals surface area contributed by atoms with Crippen molar-refractivity contribution in [3.63, 3.8) is 0 Å². The van der Waals surface area contributed by atoms with E-state index in [1.54, 1.807) is 23.9 Å². The maximum absolute atomic E-state index is 11.8. The summed E-state index contributed by atoms with van der Waals surface area (Å²) in [6, 6.07) is 5.23. The lowest BCUT2D eigenvalue weighted by Crippen LogP contribution is -2.28. The molecule has 2 aliphatic rings. The number of amidine groups is 1. The third-order valence-corrected chi connectivity index (χ3v) is 5.33. The van der Waals surface area contributed by atoms with Gasteiger partial charge in [-0.05, 0) is 44.7 Å². The minimum Gasteiger partial charge on any atom is -0.489 e. The van der Waals surface area contributed by atoms with Gasteiger partial charge in [0, 0.05) is 25.6 Å². The summed E-state index contributed by atoms with van der Waals surface area (Å²) in [5, 5.41) is 0.947. The van der Waals surface area contributed by atoms with Crippen LogP contribution in [0.3, 0.4) is 0 Å². The standard InChI is InChI=1S/C19H26N2O4S/c1-12(2)25-16-9-13(18(22)23-3)5-6-15(16)20-19(26-4)21-10-14-7-8-24-17(14)11-21/h5-6,9,12,14,17H,7-8,10-11H2,1-4H3/t14-,17+/m1/s1. The Balaban J connectivity index is 1.88. The molecule has 0 radical (unpaired) electrons. The molecule has 3 rings (SSSR count). The molecule has 1 aromatic rings. The SMILES string of the molecule is COC(=O)c1ccc(N=C(SC)N2C[C@H]3CCO[C@H]3C2)c(OC(C)C)c1. The van der Waals surface area contributed by atoms with Crippen LogP contribution in [0, 0.1) is 5.92 Å². The number of likely N-dealkylation sites (tertiary alicyclic amines) is 1. The second-order valence-electron chi connectivity index (χ2n) is 6.80. The second kappa shape index (κ2) is 8.31. The summed E-state index contributed by atoms with van der Waals surface area (Å²) in [5.41, 5.74) is 1.17. The van der Waals surface area contributed by atoms with Gasteiger partial charge in [0.05, 0.1) is 24.9 Å². The van der Waals surface area contributed by atoms with E-state index in [9.17, 15) is 4.79 Å². The number of carbonyl (C=O) groups is 1. The average molecular weight is 378 g/mol. The molecule has 0 unspecified atom stereocenters. The van der Waals surface area contributed by atoms with E-state index in [4.69, 9.17) is 19.2 Å². The monoisotopic (exact) mass is 378 g/mol. The zero-order valence-corrected chi connectivity index (χ0v) is 16.5. The highest BCUT2D eigenvalue weighted by Crippen LogP contribution is 2.34. The van der Waals surface area contributed by atoms with Gasteiger partial charge in [0.15, 0.2) is 5.17 Å². The first kappa shape index (κ1) is 19.0. The third-order valence-electron chi connectivity index (χ3n) is 4.61. The van der Waals surface area contributed by atoms with Gasteiger partial charge < -0.3 is 19.1 Å². The van der Waals surface area contributed by atoms with E-state index >= 15 is 0 Å². The summed E-state index contributed by atoms with van der Waals surface area (Å²) < 4.78 is 16.5. The van der Waals surface area contributed by atoms with Crippen molar-refractivity contribution in [2.45, 2.75) is 32.5 Å². The van der Waals surface area contributed by atoms with Gasteiger partial charge in [0.2, 0.25) is 0 Å². The molecule has 2 heterocycles. The summed E-state index contributed by atoms with van der Waals surface area (Å²) in [5.74, 6) is 0.800. The van der Waals surface area contributed by atoms with Crippen LogP contribution in [-0.4, -0.2) is 61.3 Å². The van der Waals surface area contributed by atoms with Crippen molar-refractivity contribution in [2.24, 2.45) is 10.9 Å². The number of carbonyl (C=O) groups excluding carboxylic acids is 1. The topological polar surface area (TPSA) is 60.4 Å². The molecular formula is C19H26N2O4S. The van der Waals surface area contributed by atoms with Crippen molar-refractivity contribution in [3.05, 3.63) is 23.8 Å². The molecule has 2 fully saturated rings. The van der Waals surface area contributed by atoms with E-state index in [-0.39, 0.29) is 12.1 Å². The molecule has 2 saturated heterocycles. The first-order valence-electron chi connectivity index (χ1n) is 8.90. The Labute approximate surface area is 158 Å². The molecule has 0 amide bonds. The van der Waals surface area contributed by atoms with Gasteiger partial charge in [-0.1, -0.05) is 11.8 Å². The quantitative estimate of drug-likeness (QED) is 0.455. The lowest BCUT2D eigenvalue weighted by atomic mass is 10.1. The van der Waals surface area contributed by atoms with Crippen LogP contribution in [0.4, 0.5) is 5.69 Å². The highest BCUT2D eigenvalue weighted by Gasteiger charge is 2.38. The molecule has 0 spiro atoms. The van der Waals surface area contributed by atoms with Crippen LogP contribution in [0.2, 0.25) is 0 Å². The van der Waals surface area contributed by atoms with Crippen LogP contribution < -0.4 is 4.74 Å². The average Bonchev–Trinajstić information content (AvgIpc) is 3.21. The summed E-state index contributed by atoms with van der Waals surface area (Å²) >= 11 is 1.62. The van der Waals surface area contributed by atoms with Gasteiger partial charge in [-0.3, -0.25) is 0 Å². The molecule has 0 N–H and O–H groups in total. The molecule has 0 saturated carbocycles. The molecule has 2 atom stereocenters. The first-order valence-corrected chi connectivity index (χ1v) is 10.1. The Morgan fingerprint density at radius 3 is 2.85 bits per heavy atom. The highest BCUT2D eigenvalue weighted by molar-refractivity contribution is 8.13. The molecular weight excluding hydrogens is 352 g/mol. The minimum atomic E-state index is -0.385. The Morgan fingerprint density at radius 1 is 1.38 bits per heavy atom. The van der Waals surface area contributed by atoms with Gasteiger partial charge in [-0.25, -0.2) is 9.79 Å². The molecule has 7 heteroatoms. The van der Waals surface area contributed by atoms with Crippen molar-refractivity contribution < 1.29 is 19.0 Å². The molecule has 0 bridgehead atoms. The lowest BCUT2D eigenvalue weighted by Gasteiger charge is -2.21. The zero-order chi connectivity index (χ0) is 18.7. The molecule has 0 aliphatic carbocycles. The predicted octanol–water partition coefficient (Wildman–Crippen LogP) is 3.33. The Kier molecular flexibility index (Phi) is 6.09. The Morgan fingerprint density at radius 2 is 2.19 bits per heavy atom. The molecule has 2 aliphatic heterocycles. The smallest absolute Gasteiger partial charge is 0.337 e. The molecule has 6 nitrogen and oxygen atoms in total. The number of thioether (sulfide) groups is 1. The van der Waals surface area contributed by atoms with Crippen molar-refractivity contribution in [1.29, 1.82) is 0 Å². The van der Waals surface area contributed by atoms with Gasteiger partial charge >= 0.3 is 5.97 Å². The predicted molar refractivity (Wildman–Crippen MR) is 104 cm³/mol. The highest BCUT2D eigenvalue weighted by atomic mass is 32.2. The zero-order valence-electron chi connectivity index (χ0n) is 15.7. The minimum absolute atomic E-state index is 0.0193. The first-order chi connectivity index (χ1) is 12.5. The molecule has 26 heavy (non-hydrogen) atoms. The number of methoxy groups -OCH3 is 1. The van der Waals surface area contributed by atoms with Gasteiger partial charge in [0.1, 0.15) is 11.4 Å². The van der Waals surface area contributed by atoms with Crippen molar-refractivity contribution in [2.75, 3.05) is 33.1 Å². The van der Waals surface area contributed by atoms with Crippen LogP contribution >= 0.6 is 11.8 Å². The van der Waals surface area contributed by atoms with Gasteiger partial charge in [-0.15, -0.1) is 0 Å². The fourth-order valence-corrected chi connectivity index (χ4v) is 3.98. The number of hydrogen-bond acceptors (Lipinski definition) is 6. The summed E-state index contributed by atoms with van der Waals surface area (Å²) in [4.78, 5) is 18.9. The number of fused-ring (bicyclic) bond motifs is 1. The number of aliphatic imine (C=N–C) groups is 1. The molecule has 1 aromatic carbocycles. The van der Waals surface area contributed by atoms with E-state index < -0.39 is 0 Å². The largest absolute Gasteiger partial charge is 0.489 e. The summed E-state index contributed by atoms with van der Waals surface area (Å²) in [7, 11) is 1.37. The Hall–Kier alpha value is -1.73. The number of nitrogens with zero attached hydrogens (tertiary/aromatic N) is 2. The lowest BCUT2D eigenvalue weighted by molar-refractivity contribution is 0.0600. The third kappa shape index (κ3) is 4.15. The van der Waals surface area contributed by atoms with E-state index in [0.29, 0.717) is 29.0 Å². The maximum Gasteiger partial charge on any atom is 0.337 e. The van der Waals surface area contributed by atoms with E-state index in [1.165, 1.54) is 7.11 Å².